The fourth-order valence-electron chi connectivity index (χ4n) is 1.63. The maximum Gasteiger partial charge on any atom is 0.127 e. The smallest absolute Gasteiger partial charge is 0.127 e. The molecule has 0 aliphatic heterocycles. The first-order valence-electron chi connectivity index (χ1n) is 5.97. The van der Waals surface area contributed by atoms with Crippen molar-refractivity contribution in [3.8, 4) is 0 Å². The second-order valence-electron chi connectivity index (χ2n) is 4.11. The number of hydrogen-bond donors (Lipinski definition) is 1. The zero-order valence-electron chi connectivity index (χ0n) is 10.5. The van der Waals surface area contributed by atoms with Gasteiger partial charge in [-0.2, -0.15) is 0 Å². The molecule has 96 valence electrons. The van der Waals surface area contributed by atoms with Gasteiger partial charge in [0.15, 0.2) is 0 Å². The summed E-state index contributed by atoms with van der Waals surface area (Å²) in [4.78, 5) is 2.17. The van der Waals surface area contributed by atoms with Crippen molar-refractivity contribution in [1.29, 1.82) is 0 Å². The number of rotatable bonds is 7. The highest BCUT2D eigenvalue weighted by Gasteiger charge is 2.07. The second kappa shape index (κ2) is 7.64. The number of nitrogens with one attached hydrogen (secondary N) is 1. The number of benzene rings is 1. The summed E-state index contributed by atoms with van der Waals surface area (Å²) >= 11 is 5.97. The van der Waals surface area contributed by atoms with Gasteiger partial charge in [-0.05, 0) is 32.1 Å². The van der Waals surface area contributed by atoms with Crippen molar-refractivity contribution in [1.82, 2.24) is 10.2 Å². The monoisotopic (exact) mass is 258 g/mol. The van der Waals surface area contributed by atoms with Crippen molar-refractivity contribution in [2.24, 2.45) is 0 Å². The molecule has 1 N–H and O–H groups in total. The van der Waals surface area contributed by atoms with Crippen LogP contribution in [0.2, 0.25) is 5.02 Å². The van der Waals surface area contributed by atoms with E-state index in [2.05, 4.69) is 17.1 Å². The average molecular weight is 259 g/mol. The van der Waals surface area contributed by atoms with Crippen molar-refractivity contribution in [2.45, 2.75) is 13.3 Å². The summed E-state index contributed by atoms with van der Waals surface area (Å²) < 4.78 is 13.5. The third-order valence-electron chi connectivity index (χ3n) is 2.73. The Hall–Kier alpha value is -0.640. The largest absolute Gasteiger partial charge is 0.316 e. The van der Waals surface area contributed by atoms with E-state index in [0.717, 1.165) is 26.2 Å². The van der Waals surface area contributed by atoms with Crippen LogP contribution in [0.4, 0.5) is 4.39 Å². The molecule has 1 rings (SSSR count). The molecule has 4 heteroatoms. The first kappa shape index (κ1) is 14.4. The molecule has 1 aromatic rings. The van der Waals surface area contributed by atoms with Crippen molar-refractivity contribution < 1.29 is 4.39 Å². The van der Waals surface area contributed by atoms with Crippen LogP contribution in [0.3, 0.4) is 0 Å². The maximum absolute atomic E-state index is 13.5. The Morgan fingerprint density at radius 2 is 2.12 bits per heavy atom. The summed E-state index contributed by atoms with van der Waals surface area (Å²) in [5.41, 5.74) is 0.615. The minimum absolute atomic E-state index is 0.211. The molecule has 0 aliphatic carbocycles. The van der Waals surface area contributed by atoms with Gasteiger partial charge in [0.2, 0.25) is 0 Å². The van der Waals surface area contributed by atoms with Gasteiger partial charge in [0, 0.05) is 30.2 Å². The number of nitrogens with zero attached hydrogens (tertiary/aromatic N) is 1. The van der Waals surface area contributed by atoms with E-state index in [1.165, 1.54) is 6.07 Å². The average Bonchev–Trinajstić information content (AvgIpc) is 2.29. The van der Waals surface area contributed by atoms with Gasteiger partial charge in [0.25, 0.3) is 0 Å². The minimum Gasteiger partial charge on any atom is -0.316 e. The summed E-state index contributed by atoms with van der Waals surface area (Å²) in [6.07, 6.45) is 0.647. The first-order valence-corrected chi connectivity index (χ1v) is 6.35. The minimum atomic E-state index is -0.211. The van der Waals surface area contributed by atoms with Gasteiger partial charge in [0.05, 0.1) is 0 Å². The van der Waals surface area contributed by atoms with Gasteiger partial charge in [-0.25, -0.2) is 4.39 Å². The Kier molecular flexibility index (Phi) is 6.48. The van der Waals surface area contributed by atoms with Gasteiger partial charge in [-0.3, -0.25) is 0 Å². The van der Waals surface area contributed by atoms with E-state index >= 15 is 0 Å². The lowest BCUT2D eigenvalue weighted by Gasteiger charge is -2.17. The highest BCUT2D eigenvalue weighted by molar-refractivity contribution is 6.31. The van der Waals surface area contributed by atoms with Crippen LogP contribution in [-0.4, -0.2) is 38.1 Å². The molecule has 0 atom stereocenters. The van der Waals surface area contributed by atoms with Crippen LogP contribution < -0.4 is 5.32 Å². The molecule has 0 saturated carbocycles. The maximum atomic E-state index is 13.5. The van der Waals surface area contributed by atoms with Crippen LogP contribution in [-0.2, 0) is 6.42 Å². The molecule has 0 bridgehead atoms. The lowest BCUT2D eigenvalue weighted by molar-refractivity contribution is 0.335. The summed E-state index contributed by atoms with van der Waals surface area (Å²) in [5.74, 6) is -0.211. The van der Waals surface area contributed by atoms with Crippen molar-refractivity contribution in [3.63, 3.8) is 0 Å². The molecule has 0 saturated heterocycles. The third kappa shape index (κ3) is 5.02. The lowest BCUT2D eigenvalue weighted by Crippen LogP contribution is -2.30. The zero-order valence-corrected chi connectivity index (χ0v) is 11.2. The van der Waals surface area contributed by atoms with Crippen LogP contribution in [0.1, 0.15) is 12.5 Å². The molecular weight excluding hydrogens is 239 g/mol. The Morgan fingerprint density at radius 1 is 1.35 bits per heavy atom. The first-order chi connectivity index (χ1) is 8.15. The van der Waals surface area contributed by atoms with E-state index in [9.17, 15) is 4.39 Å². The highest BCUT2D eigenvalue weighted by Crippen LogP contribution is 2.19. The molecule has 0 fully saturated rings. The van der Waals surface area contributed by atoms with E-state index in [1.54, 1.807) is 12.1 Å². The van der Waals surface area contributed by atoms with Crippen molar-refractivity contribution in [2.75, 3.05) is 33.2 Å². The Morgan fingerprint density at radius 3 is 2.76 bits per heavy atom. The molecule has 1 aromatic carbocycles. The van der Waals surface area contributed by atoms with E-state index < -0.39 is 0 Å². The standard InChI is InChI=1S/C13H20ClFN2/c1-3-16-8-10-17(2)9-7-11-12(14)5-4-6-13(11)15/h4-6,16H,3,7-10H2,1-2H3. The van der Waals surface area contributed by atoms with Crippen LogP contribution in [0.15, 0.2) is 18.2 Å². The molecule has 0 unspecified atom stereocenters. The van der Waals surface area contributed by atoms with Crippen molar-refractivity contribution in [3.05, 3.63) is 34.6 Å². The molecule has 0 aliphatic rings. The Balaban J connectivity index is 2.39. The van der Waals surface area contributed by atoms with E-state index in [4.69, 9.17) is 11.6 Å². The summed E-state index contributed by atoms with van der Waals surface area (Å²) in [5, 5.41) is 3.78. The summed E-state index contributed by atoms with van der Waals surface area (Å²) in [6, 6.07) is 4.83. The summed E-state index contributed by atoms with van der Waals surface area (Å²) in [6.45, 7) is 5.79. The normalized spacial score (nSPS) is 11.1. The summed E-state index contributed by atoms with van der Waals surface area (Å²) in [7, 11) is 2.03. The molecule has 2 nitrogen and oxygen atoms in total. The molecule has 0 radical (unpaired) electrons. The van der Waals surface area contributed by atoms with Gasteiger partial charge in [0.1, 0.15) is 5.82 Å². The molecular formula is C13H20ClFN2. The number of likely N-dealkylation sites (N-methyl/N-ethyl adjacent to an activating group) is 2. The predicted octanol–water partition coefficient (Wildman–Crippen LogP) is 2.56. The Labute approximate surface area is 108 Å². The fraction of sp³-hybridized carbons (Fsp3) is 0.538. The Bertz CT molecular complexity index is 324. The number of halogens is 2. The SMILES string of the molecule is CCNCCN(C)CCc1c(F)cccc1Cl. The van der Waals surface area contributed by atoms with Crippen LogP contribution in [0.5, 0.6) is 0 Å². The molecule has 0 spiro atoms. The highest BCUT2D eigenvalue weighted by atomic mass is 35.5. The predicted molar refractivity (Wildman–Crippen MR) is 71.2 cm³/mol. The van der Waals surface area contributed by atoms with E-state index in [-0.39, 0.29) is 5.82 Å². The third-order valence-corrected chi connectivity index (χ3v) is 3.08. The zero-order chi connectivity index (χ0) is 12.7. The van der Waals surface area contributed by atoms with E-state index in [1.807, 2.05) is 7.05 Å². The lowest BCUT2D eigenvalue weighted by atomic mass is 10.1. The second-order valence-corrected chi connectivity index (χ2v) is 4.51. The van der Waals surface area contributed by atoms with Gasteiger partial charge in [-0.15, -0.1) is 0 Å². The van der Waals surface area contributed by atoms with Crippen LogP contribution in [0.25, 0.3) is 0 Å². The fourth-order valence-corrected chi connectivity index (χ4v) is 1.89. The molecule has 0 heterocycles. The van der Waals surface area contributed by atoms with Crippen LogP contribution >= 0.6 is 11.6 Å². The quantitative estimate of drug-likeness (QED) is 0.757. The molecule has 0 aromatic heterocycles. The topological polar surface area (TPSA) is 15.3 Å². The van der Waals surface area contributed by atoms with Gasteiger partial charge >= 0.3 is 0 Å². The molecule has 0 amide bonds. The van der Waals surface area contributed by atoms with Crippen molar-refractivity contribution >= 4 is 11.6 Å². The molecule has 17 heavy (non-hydrogen) atoms. The number of hydrogen-bond acceptors (Lipinski definition) is 2. The van der Waals surface area contributed by atoms with Gasteiger partial charge in [-0.1, -0.05) is 24.6 Å². The van der Waals surface area contributed by atoms with E-state index in [0.29, 0.717) is 17.0 Å². The van der Waals surface area contributed by atoms with Crippen LogP contribution in [0, 0.1) is 5.82 Å². The van der Waals surface area contributed by atoms with Gasteiger partial charge < -0.3 is 10.2 Å².